The monoisotopic (exact) mass is 401 g/mol. The van der Waals surface area contributed by atoms with Crippen LogP contribution in [0.15, 0.2) is 72.8 Å². The lowest BCUT2D eigenvalue weighted by Gasteiger charge is -2.20. The molecule has 0 bridgehead atoms. The molecule has 0 saturated heterocycles. The van der Waals surface area contributed by atoms with Gasteiger partial charge in [0.15, 0.2) is 0 Å². The van der Waals surface area contributed by atoms with Crippen LogP contribution in [0.3, 0.4) is 0 Å². The van der Waals surface area contributed by atoms with E-state index in [-0.39, 0.29) is 19.1 Å². The number of amides is 2. The predicted molar refractivity (Wildman–Crippen MR) is 115 cm³/mol. The number of carbonyl (C=O) groups excluding carboxylic acids is 2. The van der Waals surface area contributed by atoms with Crippen LogP contribution in [0.25, 0.3) is 11.1 Å². The number of carbonyl (C=O) groups is 2. The number of benzene rings is 3. The van der Waals surface area contributed by atoms with Crippen molar-refractivity contribution in [2.45, 2.75) is 12.5 Å². The van der Waals surface area contributed by atoms with E-state index in [1.807, 2.05) is 30.3 Å². The van der Waals surface area contributed by atoms with Crippen molar-refractivity contribution in [3.05, 3.63) is 95.1 Å². The molecule has 0 aliphatic heterocycles. The van der Waals surface area contributed by atoms with Crippen LogP contribution in [-0.4, -0.2) is 30.6 Å². The first-order valence-electron chi connectivity index (χ1n) is 9.75. The third-order valence-corrected chi connectivity index (χ3v) is 5.45. The molecule has 152 valence electrons. The van der Waals surface area contributed by atoms with E-state index in [0.29, 0.717) is 11.1 Å². The molecule has 30 heavy (non-hydrogen) atoms. The van der Waals surface area contributed by atoms with Crippen molar-refractivity contribution in [3.8, 4) is 11.1 Å². The number of fused-ring (bicyclic) bond motifs is 3. The highest BCUT2D eigenvalue weighted by Gasteiger charge is 2.29. The first-order chi connectivity index (χ1) is 14.6. The van der Waals surface area contributed by atoms with Gasteiger partial charge in [-0.1, -0.05) is 66.7 Å². The predicted octanol–water partition coefficient (Wildman–Crippen LogP) is 3.67. The number of hydrazine groups is 1. The molecule has 1 aliphatic rings. The van der Waals surface area contributed by atoms with Gasteiger partial charge in [-0.25, -0.2) is 10.6 Å². The van der Waals surface area contributed by atoms with E-state index in [2.05, 4.69) is 29.7 Å². The molecule has 1 aliphatic carbocycles. The second-order valence-corrected chi connectivity index (χ2v) is 7.29. The summed E-state index contributed by atoms with van der Waals surface area (Å²) in [4.78, 5) is 26.1. The number of nitrogens with one attached hydrogen (secondary N) is 1. The summed E-state index contributed by atoms with van der Waals surface area (Å²) in [6.07, 6.45) is -0.445. The second kappa shape index (κ2) is 8.39. The van der Waals surface area contributed by atoms with Gasteiger partial charge in [0.2, 0.25) is 0 Å². The number of hydrogen-bond donors (Lipinski definition) is 2. The smallest absolute Gasteiger partial charge is 0.409 e. The molecule has 0 unspecified atom stereocenters. The molecule has 4 rings (SSSR count). The van der Waals surface area contributed by atoms with Crippen LogP contribution in [0.2, 0.25) is 0 Å². The largest absolute Gasteiger partial charge is 0.448 e. The van der Waals surface area contributed by atoms with E-state index in [1.54, 1.807) is 25.2 Å². The molecule has 6 heteroatoms. The van der Waals surface area contributed by atoms with Crippen LogP contribution < -0.4 is 11.3 Å². The first-order valence-corrected chi connectivity index (χ1v) is 9.75. The van der Waals surface area contributed by atoms with Gasteiger partial charge < -0.3 is 9.64 Å². The molecular formula is C24H23N3O3. The minimum absolute atomic E-state index is 0.00468. The Kier molecular flexibility index (Phi) is 5.50. The molecule has 2 amide bonds. The Balaban J connectivity index is 1.46. The SMILES string of the molecule is CN(Cc1ccccc1C(=O)NN)C(=O)OCC1c2ccccc2-c2ccccc21. The number of ether oxygens (including phenoxy) is 1. The Morgan fingerprint density at radius 2 is 1.50 bits per heavy atom. The molecule has 0 fully saturated rings. The van der Waals surface area contributed by atoms with Crippen molar-refractivity contribution < 1.29 is 14.3 Å². The second-order valence-electron chi connectivity index (χ2n) is 7.29. The van der Waals surface area contributed by atoms with Gasteiger partial charge in [0, 0.05) is 25.1 Å². The van der Waals surface area contributed by atoms with Crippen molar-refractivity contribution in [1.82, 2.24) is 10.3 Å². The van der Waals surface area contributed by atoms with Gasteiger partial charge in [-0.15, -0.1) is 0 Å². The van der Waals surface area contributed by atoms with Crippen molar-refractivity contribution in [3.63, 3.8) is 0 Å². The maximum absolute atomic E-state index is 12.7. The number of nitrogens with two attached hydrogens (primary N) is 1. The Bertz CT molecular complexity index is 1050. The minimum Gasteiger partial charge on any atom is -0.448 e. The highest BCUT2D eigenvalue weighted by atomic mass is 16.6. The van der Waals surface area contributed by atoms with Crippen LogP contribution in [0, 0.1) is 0 Å². The quantitative estimate of drug-likeness (QED) is 0.388. The van der Waals surface area contributed by atoms with Gasteiger partial charge in [0.25, 0.3) is 5.91 Å². The number of nitrogens with zero attached hydrogens (tertiary/aromatic N) is 1. The summed E-state index contributed by atoms with van der Waals surface area (Å²) in [6, 6.07) is 23.4. The van der Waals surface area contributed by atoms with E-state index in [1.165, 1.54) is 27.2 Å². The molecule has 0 aromatic heterocycles. The van der Waals surface area contributed by atoms with Crippen molar-refractivity contribution in [2.24, 2.45) is 5.84 Å². The highest BCUT2D eigenvalue weighted by molar-refractivity contribution is 5.95. The van der Waals surface area contributed by atoms with E-state index >= 15 is 0 Å². The normalized spacial score (nSPS) is 12.1. The van der Waals surface area contributed by atoms with Crippen molar-refractivity contribution in [2.75, 3.05) is 13.7 Å². The molecule has 3 N–H and O–H groups in total. The summed E-state index contributed by atoms with van der Waals surface area (Å²) >= 11 is 0. The Morgan fingerprint density at radius 1 is 0.933 bits per heavy atom. The van der Waals surface area contributed by atoms with Gasteiger partial charge in [-0.2, -0.15) is 0 Å². The van der Waals surface area contributed by atoms with Gasteiger partial charge >= 0.3 is 6.09 Å². The zero-order valence-corrected chi connectivity index (χ0v) is 16.7. The summed E-state index contributed by atoms with van der Waals surface area (Å²) in [6.45, 7) is 0.488. The van der Waals surface area contributed by atoms with Gasteiger partial charge in [0.05, 0.1) is 0 Å². The Morgan fingerprint density at radius 3 is 2.13 bits per heavy atom. The lowest BCUT2D eigenvalue weighted by molar-refractivity contribution is 0.0945. The summed E-state index contributed by atoms with van der Waals surface area (Å²) in [7, 11) is 1.65. The topological polar surface area (TPSA) is 84.7 Å². The van der Waals surface area contributed by atoms with Crippen LogP contribution in [0.5, 0.6) is 0 Å². The fraction of sp³-hybridized carbons (Fsp3) is 0.167. The van der Waals surface area contributed by atoms with Gasteiger partial charge in [0.1, 0.15) is 6.61 Å². The average Bonchev–Trinajstić information content (AvgIpc) is 3.11. The zero-order valence-electron chi connectivity index (χ0n) is 16.7. The number of rotatable bonds is 5. The number of nitrogen functional groups attached to an aromatic ring is 1. The summed E-state index contributed by atoms with van der Waals surface area (Å²) in [5, 5.41) is 0. The molecule has 0 radical (unpaired) electrons. The summed E-state index contributed by atoms with van der Waals surface area (Å²) in [5.41, 5.74) is 7.95. The van der Waals surface area contributed by atoms with Crippen LogP contribution in [0.4, 0.5) is 4.79 Å². The lowest BCUT2D eigenvalue weighted by atomic mass is 9.98. The zero-order chi connectivity index (χ0) is 21.1. The molecule has 3 aromatic rings. The van der Waals surface area contributed by atoms with Crippen LogP contribution in [-0.2, 0) is 11.3 Å². The molecule has 6 nitrogen and oxygen atoms in total. The summed E-state index contributed by atoms with van der Waals surface area (Å²) < 4.78 is 5.66. The third kappa shape index (κ3) is 3.65. The van der Waals surface area contributed by atoms with Gasteiger partial charge in [-0.05, 0) is 33.9 Å². The van der Waals surface area contributed by atoms with E-state index in [4.69, 9.17) is 10.6 Å². The molecule has 3 aromatic carbocycles. The Labute approximate surface area is 175 Å². The van der Waals surface area contributed by atoms with Crippen molar-refractivity contribution >= 4 is 12.0 Å². The maximum Gasteiger partial charge on any atom is 0.409 e. The van der Waals surface area contributed by atoms with E-state index in [0.717, 1.165) is 0 Å². The average molecular weight is 401 g/mol. The Hall–Kier alpha value is -3.64. The molecular weight excluding hydrogens is 378 g/mol. The molecule has 0 spiro atoms. The molecule has 0 saturated carbocycles. The molecule has 0 heterocycles. The fourth-order valence-corrected chi connectivity index (χ4v) is 3.98. The molecule has 0 atom stereocenters. The standard InChI is InChI=1S/C24H23N3O3/c1-27(14-16-8-2-3-9-17(16)23(28)26-25)24(29)30-15-22-20-12-6-4-10-18(20)19-11-5-7-13-21(19)22/h2-13,22H,14-15,25H2,1H3,(H,26,28). The minimum atomic E-state index is -0.445. The highest BCUT2D eigenvalue weighted by Crippen LogP contribution is 2.44. The first kappa shape index (κ1) is 19.7. The maximum atomic E-state index is 12.7. The van der Waals surface area contributed by atoms with E-state index in [9.17, 15) is 9.59 Å². The van der Waals surface area contributed by atoms with Crippen LogP contribution in [0.1, 0.15) is 33.0 Å². The third-order valence-electron chi connectivity index (χ3n) is 5.45. The van der Waals surface area contributed by atoms with Crippen LogP contribution >= 0.6 is 0 Å². The van der Waals surface area contributed by atoms with E-state index < -0.39 is 12.0 Å². The van der Waals surface area contributed by atoms with Gasteiger partial charge in [-0.3, -0.25) is 10.2 Å². The lowest BCUT2D eigenvalue weighted by Crippen LogP contribution is -2.33. The fourth-order valence-electron chi connectivity index (χ4n) is 3.98. The summed E-state index contributed by atoms with van der Waals surface area (Å²) in [5.74, 6) is 4.86. The number of hydrogen-bond acceptors (Lipinski definition) is 4. The van der Waals surface area contributed by atoms with Crippen molar-refractivity contribution in [1.29, 1.82) is 0 Å².